The van der Waals surface area contributed by atoms with Crippen molar-refractivity contribution in [2.45, 2.75) is 13.2 Å². The standard InChI is InChI=1S/C14H13N3OS/c1-9(18)16-14-13-12(17-19-14)7-11(8-15-13)10-5-3-2-4-6-10/h2-9,16,18H,1H3. The van der Waals surface area contributed by atoms with Crippen molar-refractivity contribution in [3.63, 3.8) is 0 Å². The Morgan fingerprint density at radius 1 is 1.21 bits per heavy atom. The number of aliphatic hydroxyl groups is 1. The lowest BCUT2D eigenvalue weighted by molar-refractivity contribution is 0.225. The molecule has 1 aromatic carbocycles. The van der Waals surface area contributed by atoms with Gasteiger partial charge in [0, 0.05) is 11.8 Å². The number of aliphatic hydroxyl groups excluding tert-OH is 1. The maximum atomic E-state index is 9.36. The van der Waals surface area contributed by atoms with E-state index in [9.17, 15) is 5.11 Å². The maximum absolute atomic E-state index is 9.36. The van der Waals surface area contributed by atoms with E-state index in [0.717, 1.165) is 27.2 Å². The first-order chi connectivity index (χ1) is 9.24. The van der Waals surface area contributed by atoms with Gasteiger partial charge in [0.25, 0.3) is 0 Å². The molecule has 1 atom stereocenters. The number of hydrogen-bond acceptors (Lipinski definition) is 5. The molecule has 0 aliphatic carbocycles. The summed E-state index contributed by atoms with van der Waals surface area (Å²) in [4.78, 5) is 4.44. The SMILES string of the molecule is CC(O)Nc1snc2cc(-c3ccccc3)cnc12. The molecule has 0 bridgehead atoms. The highest BCUT2D eigenvalue weighted by Crippen LogP contribution is 2.29. The highest BCUT2D eigenvalue weighted by atomic mass is 32.1. The Labute approximate surface area is 114 Å². The first-order valence-corrected chi connectivity index (χ1v) is 6.77. The third-order valence-corrected chi connectivity index (χ3v) is 3.55. The summed E-state index contributed by atoms with van der Waals surface area (Å²) in [5.41, 5.74) is 3.80. The van der Waals surface area contributed by atoms with Crippen molar-refractivity contribution in [1.29, 1.82) is 0 Å². The minimum absolute atomic E-state index is 0.612. The van der Waals surface area contributed by atoms with Crippen LogP contribution in [0.2, 0.25) is 0 Å². The lowest BCUT2D eigenvalue weighted by Crippen LogP contribution is -2.12. The number of aromatic nitrogens is 2. The van der Waals surface area contributed by atoms with Gasteiger partial charge in [0.1, 0.15) is 22.3 Å². The number of pyridine rings is 1. The predicted molar refractivity (Wildman–Crippen MR) is 78.2 cm³/mol. The summed E-state index contributed by atoms with van der Waals surface area (Å²) in [5, 5.41) is 13.1. The van der Waals surface area contributed by atoms with Crippen molar-refractivity contribution < 1.29 is 5.11 Å². The molecule has 3 rings (SSSR count). The van der Waals surface area contributed by atoms with Crippen LogP contribution in [0.5, 0.6) is 0 Å². The summed E-state index contributed by atoms with van der Waals surface area (Å²) in [5.74, 6) is 0. The van der Waals surface area contributed by atoms with Crippen molar-refractivity contribution in [2.24, 2.45) is 0 Å². The minimum atomic E-state index is -0.612. The summed E-state index contributed by atoms with van der Waals surface area (Å²) in [7, 11) is 0. The zero-order valence-electron chi connectivity index (χ0n) is 10.4. The summed E-state index contributed by atoms with van der Waals surface area (Å²) in [6, 6.07) is 12.1. The average molecular weight is 271 g/mol. The Balaban J connectivity index is 2.03. The van der Waals surface area contributed by atoms with E-state index in [2.05, 4.69) is 14.7 Å². The highest BCUT2D eigenvalue weighted by Gasteiger charge is 2.10. The van der Waals surface area contributed by atoms with E-state index >= 15 is 0 Å². The van der Waals surface area contributed by atoms with E-state index in [0.29, 0.717) is 0 Å². The number of nitrogens with one attached hydrogen (secondary N) is 1. The molecule has 0 aliphatic rings. The van der Waals surface area contributed by atoms with Gasteiger partial charge in [-0.15, -0.1) is 0 Å². The van der Waals surface area contributed by atoms with Gasteiger partial charge in [0.15, 0.2) is 0 Å². The van der Waals surface area contributed by atoms with Gasteiger partial charge in [0.05, 0.1) is 0 Å². The molecule has 2 heterocycles. The fourth-order valence-corrected chi connectivity index (χ4v) is 2.70. The average Bonchev–Trinajstić information content (AvgIpc) is 2.81. The molecule has 4 nitrogen and oxygen atoms in total. The van der Waals surface area contributed by atoms with E-state index in [1.807, 2.05) is 42.6 Å². The van der Waals surface area contributed by atoms with Gasteiger partial charge < -0.3 is 10.4 Å². The Hall–Kier alpha value is -1.98. The molecule has 0 fully saturated rings. The Morgan fingerprint density at radius 3 is 2.74 bits per heavy atom. The Bertz CT molecular complexity index is 694. The lowest BCUT2D eigenvalue weighted by Gasteiger charge is -2.05. The van der Waals surface area contributed by atoms with E-state index in [1.165, 1.54) is 11.5 Å². The molecule has 0 radical (unpaired) electrons. The van der Waals surface area contributed by atoms with Crippen LogP contribution in [-0.4, -0.2) is 20.7 Å². The summed E-state index contributed by atoms with van der Waals surface area (Å²) in [6.45, 7) is 1.67. The van der Waals surface area contributed by atoms with Crippen LogP contribution in [-0.2, 0) is 0 Å². The van der Waals surface area contributed by atoms with Gasteiger partial charge in [-0.25, -0.2) is 0 Å². The lowest BCUT2D eigenvalue weighted by atomic mass is 10.1. The van der Waals surface area contributed by atoms with Crippen molar-refractivity contribution in [3.8, 4) is 11.1 Å². The van der Waals surface area contributed by atoms with E-state index < -0.39 is 6.23 Å². The molecule has 2 N–H and O–H groups in total. The van der Waals surface area contributed by atoms with Crippen LogP contribution in [0.15, 0.2) is 42.6 Å². The van der Waals surface area contributed by atoms with Gasteiger partial charge >= 0.3 is 0 Å². The molecule has 3 aromatic rings. The van der Waals surface area contributed by atoms with Gasteiger partial charge in [-0.1, -0.05) is 30.3 Å². The quantitative estimate of drug-likeness (QED) is 0.719. The second-order valence-electron chi connectivity index (χ2n) is 4.29. The Kier molecular flexibility index (Phi) is 3.15. The first kappa shape index (κ1) is 12.1. The number of nitrogens with zero attached hydrogens (tertiary/aromatic N) is 2. The fraction of sp³-hybridized carbons (Fsp3) is 0.143. The molecular weight excluding hydrogens is 258 g/mol. The van der Waals surface area contributed by atoms with Gasteiger partial charge in [-0.05, 0) is 30.1 Å². The smallest absolute Gasteiger partial charge is 0.138 e. The van der Waals surface area contributed by atoms with Crippen LogP contribution in [0.3, 0.4) is 0 Å². The van der Waals surface area contributed by atoms with Gasteiger partial charge in [-0.2, -0.15) is 4.37 Å². The van der Waals surface area contributed by atoms with Crippen LogP contribution in [0.1, 0.15) is 6.92 Å². The molecule has 0 spiro atoms. The minimum Gasteiger partial charge on any atom is -0.374 e. The number of fused-ring (bicyclic) bond motifs is 1. The molecule has 0 aliphatic heterocycles. The van der Waals surface area contributed by atoms with Gasteiger partial charge in [0.2, 0.25) is 0 Å². The second-order valence-corrected chi connectivity index (χ2v) is 5.06. The van der Waals surface area contributed by atoms with Gasteiger partial charge in [-0.3, -0.25) is 4.98 Å². The zero-order chi connectivity index (χ0) is 13.2. The fourth-order valence-electron chi connectivity index (χ4n) is 1.91. The van der Waals surface area contributed by atoms with Crippen LogP contribution in [0.4, 0.5) is 5.00 Å². The molecule has 0 amide bonds. The second kappa shape index (κ2) is 4.95. The monoisotopic (exact) mass is 271 g/mol. The molecule has 96 valence electrons. The molecule has 0 saturated carbocycles. The van der Waals surface area contributed by atoms with Crippen LogP contribution >= 0.6 is 11.5 Å². The maximum Gasteiger partial charge on any atom is 0.138 e. The highest BCUT2D eigenvalue weighted by molar-refractivity contribution is 7.11. The van der Waals surface area contributed by atoms with Crippen LogP contribution in [0, 0.1) is 0 Å². The topological polar surface area (TPSA) is 58.0 Å². The predicted octanol–water partition coefficient (Wildman–Crippen LogP) is 3.11. The van der Waals surface area contributed by atoms with Crippen LogP contribution < -0.4 is 5.32 Å². The van der Waals surface area contributed by atoms with Crippen molar-refractivity contribution in [3.05, 3.63) is 42.6 Å². The normalized spacial score (nSPS) is 12.5. The van der Waals surface area contributed by atoms with E-state index in [4.69, 9.17) is 0 Å². The Morgan fingerprint density at radius 2 is 2.00 bits per heavy atom. The van der Waals surface area contributed by atoms with E-state index in [1.54, 1.807) is 6.92 Å². The number of hydrogen-bond donors (Lipinski definition) is 2. The summed E-state index contributed by atoms with van der Waals surface area (Å²) < 4.78 is 4.36. The molecule has 1 unspecified atom stereocenters. The molecule has 0 saturated heterocycles. The van der Waals surface area contributed by atoms with Crippen LogP contribution in [0.25, 0.3) is 22.2 Å². The molecule has 19 heavy (non-hydrogen) atoms. The van der Waals surface area contributed by atoms with E-state index in [-0.39, 0.29) is 0 Å². The van der Waals surface area contributed by atoms with Crippen molar-refractivity contribution in [1.82, 2.24) is 9.36 Å². The summed E-state index contributed by atoms with van der Waals surface area (Å²) >= 11 is 1.31. The summed E-state index contributed by atoms with van der Waals surface area (Å²) in [6.07, 6.45) is 1.22. The third-order valence-electron chi connectivity index (χ3n) is 2.77. The zero-order valence-corrected chi connectivity index (χ0v) is 11.2. The van der Waals surface area contributed by atoms with Crippen molar-refractivity contribution >= 4 is 27.6 Å². The number of anilines is 1. The molecule has 5 heteroatoms. The van der Waals surface area contributed by atoms with Crippen molar-refractivity contribution in [2.75, 3.05) is 5.32 Å². The molecule has 2 aromatic heterocycles. The third kappa shape index (κ3) is 2.43. The largest absolute Gasteiger partial charge is 0.374 e. The number of benzene rings is 1. The molecular formula is C14H13N3OS. The number of rotatable bonds is 3. The first-order valence-electron chi connectivity index (χ1n) is 5.99.